The predicted octanol–water partition coefficient (Wildman–Crippen LogP) is 3.59. The third-order valence-corrected chi connectivity index (χ3v) is 16.0. The van der Waals surface area contributed by atoms with E-state index in [0.717, 1.165) is 25.7 Å². The summed E-state index contributed by atoms with van der Waals surface area (Å²) in [6.45, 7) is 16.1. The molecule has 0 aromatic carbocycles. The van der Waals surface area contributed by atoms with Gasteiger partial charge >= 0.3 is 5.97 Å². The van der Waals surface area contributed by atoms with E-state index >= 15 is 0 Å². The lowest BCUT2D eigenvalue weighted by molar-refractivity contribution is -0.343. The van der Waals surface area contributed by atoms with Gasteiger partial charge in [0.15, 0.2) is 6.29 Å². The van der Waals surface area contributed by atoms with Crippen molar-refractivity contribution in [2.45, 2.75) is 130 Å². The second-order valence-electron chi connectivity index (χ2n) is 18.2. The van der Waals surface area contributed by atoms with E-state index in [1.165, 1.54) is 5.57 Å². The Morgan fingerprint density at radius 1 is 1.00 bits per heavy atom. The molecule has 12 heteroatoms. The maximum atomic E-state index is 13.4. The Morgan fingerprint density at radius 3 is 2.34 bits per heavy atom. The smallest absolute Gasteiger partial charge is 0.307 e. The standard InChI is InChI=1S/C38H59N3O9/c1-20(2)21(3)34(4)12-13-36(6)22-8-9-26-35(5)18-48-19-38(26,23(22)10-11-37(36,7)30(34)32(46)47)16-24(41-39-14-15-40-41)31(35)50-33-29(45)28(44)27(43)25(17-42)49-33/h10,14-15,20-22,24-31,33,42-45H,8-9,11-13,16-19H2,1-7H3,(H,46,47)/t21-,22+,24-,25-,26+,27-,28+,29-,30-,31+,33+,34-,35+,36-,37+,38+/m1/s1. The molecule has 50 heavy (non-hydrogen) atoms. The minimum atomic E-state index is -1.56. The van der Waals surface area contributed by atoms with Crippen LogP contribution in [0.2, 0.25) is 0 Å². The number of aromatic nitrogens is 3. The van der Waals surface area contributed by atoms with Crippen molar-refractivity contribution in [3.8, 4) is 0 Å². The summed E-state index contributed by atoms with van der Waals surface area (Å²) in [6, 6.07) is -0.378. The maximum Gasteiger partial charge on any atom is 0.307 e. The first kappa shape index (κ1) is 36.4. The number of aliphatic hydroxyl groups is 4. The summed E-state index contributed by atoms with van der Waals surface area (Å²) in [5, 5.41) is 62.2. The average molecular weight is 702 g/mol. The van der Waals surface area contributed by atoms with E-state index in [4.69, 9.17) is 14.2 Å². The number of ether oxygens (including phenoxy) is 3. The second-order valence-corrected chi connectivity index (χ2v) is 18.2. The van der Waals surface area contributed by atoms with Crippen LogP contribution >= 0.6 is 0 Å². The van der Waals surface area contributed by atoms with Crippen LogP contribution in [0.3, 0.4) is 0 Å². The Bertz CT molecular complexity index is 1470. The molecule has 0 unspecified atom stereocenters. The zero-order valence-corrected chi connectivity index (χ0v) is 30.7. The molecule has 0 spiro atoms. The third kappa shape index (κ3) is 4.84. The lowest BCUT2D eigenvalue weighted by Gasteiger charge is -2.71. The minimum Gasteiger partial charge on any atom is -0.481 e. The number of carboxylic acids is 1. The summed E-state index contributed by atoms with van der Waals surface area (Å²) in [5.74, 6) is -0.177. The van der Waals surface area contributed by atoms with E-state index in [2.05, 4.69) is 64.7 Å². The Labute approximate surface area is 295 Å². The lowest BCUT2D eigenvalue weighted by Crippen LogP contribution is -2.70. The summed E-state index contributed by atoms with van der Waals surface area (Å²) in [4.78, 5) is 15.1. The van der Waals surface area contributed by atoms with E-state index < -0.39 is 66.1 Å². The molecule has 16 atom stereocenters. The van der Waals surface area contributed by atoms with Gasteiger partial charge in [-0.3, -0.25) is 4.79 Å². The summed E-state index contributed by atoms with van der Waals surface area (Å²) in [7, 11) is 0. The number of aliphatic carboxylic acids is 1. The molecule has 2 saturated heterocycles. The van der Waals surface area contributed by atoms with Crippen LogP contribution in [0.1, 0.15) is 93.0 Å². The number of nitrogens with zero attached hydrogens (tertiary/aromatic N) is 3. The van der Waals surface area contributed by atoms with Gasteiger partial charge in [-0.2, -0.15) is 15.0 Å². The van der Waals surface area contributed by atoms with Gasteiger partial charge in [0.25, 0.3) is 0 Å². The van der Waals surface area contributed by atoms with Gasteiger partial charge in [0.2, 0.25) is 0 Å². The highest BCUT2D eigenvalue weighted by molar-refractivity contribution is 5.73. The van der Waals surface area contributed by atoms with E-state index in [0.29, 0.717) is 32.0 Å². The molecular weight excluding hydrogens is 642 g/mol. The fourth-order valence-corrected chi connectivity index (χ4v) is 12.8. The molecule has 5 N–H and O–H groups in total. The molecule has 4 aliphatic carbocycles. The number of allylic oxidation sites excluding steroid dienone is 1. The maximum absolute atomic E-state index is 13.4. The van der Waals surface area contributed by atoms with Crippen LogP contribution in [0, 0.1) is 56.7 Å². The van der Waals surface area contributed by atoms with Gasteiger partial charge in [-0.1, -0.05) is 60.1 Å². The van der Waals surface area contributed by atoms with Crippen molar-refractivity contribution in [1.82, 2.24) is 15.0 Å². The van der Waals surface area contributed by atoms with Crippen molar-refractivity contribution in [3.05, 3.63) is 24.0 Å². The van der Waals surface area contributed by atoms with Gasteiger partial charge in [0.05, 0.1) is 50.3 Å². The molecule has 3 heterocycles. The highest BCUT2D eigenvalue weighted by Crippen LogP contribution is 2.75. The van der Waals surface area contributed by atoms with Gasteiger partial charge < -0.3 is 39.7 Å². The predicted molar refractivity (Wildman–Crippen MR) is 181 cm³/mol. The number of rotatable bonds is 7. The Balaban J connectivity index is 1.29. The van der Waals surface area contributed by atoms with Crippen LogP contribution in [-0.4, -0.2) is 103 Å². The average Bonchev–Trinajstić information content (AvgIpc) is 3.61. The summed E-state index contributed by atoms with van der Waals surface area (Å²) >= 11 is 0. The molecule has 5 fully saturated rings. The van der Waals surface area contributed by atoms with Crippen LogP contribution in [-0.2, 0) is 19.0 Å². The molecule has 6 aliphatic rings. The number of fused-ring (bicyclic) bond motifs is 3. The molecule has 2 bridgehead atoms. The Morgan fingerprint density at radius 2 is 1.70 bits per heavy atom. The Hall–Kier alpha value is -1.93. The molecule has 1 aromatic heterocycles. The van der Waals surface area contributed by atoms with Crippen molar-refractivity contribution in [2.75, 3.05) is 19.8 Å². The van der Waals surface area contributed by atoms with Crippen LogP contribution in [0.4, 0.5) is 0 Å². The lowest BCUT2D eigenvalue weighted by atomic mass is 9.34. The number of hydrogen-bond acceptors (Lipinski definition) is 10. The van der Waals surface area contributed by atoms with E-state index in [-0.39, 0.29) is 40.0 Å². The highest BCUT2D eigenvalue weighted by atomic mass is 16.7. The number of aliphatic hydroxyl groups excluding tert-OH is 4. The van der Waals surface area contributed by atoms with Gasteiger partial charge in [0.1, 0.15) is 24.4 Å². The highest BCUT2D eigenvalue weighted by Gasteiger charge is 2.72. The quantitative estimate of drug-likeness (QED) is 0.208. The first-order chi connectivity index (χ1) is 23.5. The fourth-order valence-electron chi connectivity index (χ4n) is 12.8. The molecule has 280 valence electrons. The van der Waals surface area contributed by atoms with Gasteiger partial charge in [-0.05, 0) is 78.4 Å². The van der Waals surface area contributed by atoms with Crippen LogP contribution < -0.4 is 0 Å². The van der Waals surface area contributed by atoms with Crippen molar-refractivity contribution >= 4 is 5.97 Å². The summed E-state index contributed by atoms with van der Waals surface area (Å²) in [6.07, 6.45) is 3.09. The van der Waals surface area contributed by atoms with Gasteiger partial charge in [0, 0.05) is 10.8 Å². The fraction of sp³-hybridized carbons (Fsp3) is 0.868. The summed E-state index contributed by atoms with van der Waals surface area (Å²) < 4.78 is 19.2. The minimum absolute atomic E-state index is 0.144. The largest absolute Gasteiger partial charge is 0.481 e. The molecule has 3 saturated carbocycles. The molecule has 12 nitrogen and oxygen atoms in total. The number of carbonyl (C=O) groups is 1. The molecule has 7 rings (SSSR count). The van der Waals surface area contributed by atoms with Gasteiger partial charge in [-0.25, -0.2) is 0 Å². The second kappa shape index (κ2) is 12.3. The zero-order valence-electron chi connectivity index (χ0n) is 30.7. The van der Waals surface area contributed by atoms with Crippen molar-refractivity contribution < 1.29 is 44.5 Å². The monoisotopic (exact) mass is 701 g/mol. The molecule has 1 aromatic rings. The SMILES string of the molecule is CC(C)[C@@H](C)[C@@]1(C)CC[C@]2(C)[C@H]3CC[C@@H]4[C@@]5(COC[C@]4(C)[C@@H](O[C@@H]4O[C@H](CO)[C@@H](O)[C@H](O)[C@H]4O)[C@H](n4nccn4)C5)C3=CC[C@@]2(C)[C@@H]1C(=O)O. The summed E-state index contributed by atoms with van der Waals surface area (Å²) in [5.41, 5.74) is -0.544. The topological polar surface area (TPSA) is 177 Å². The first-order valence-corrected chi connectivity index (χ1v) is 18.8. The molecule has 2 aliphatic heterocycles. The molecule has 0 radical (unpaired) electrons. The van der Waals surface area contributed by atoms with E-state index in [9.17, 15) is 30.3 Å². The molecule has 0 amide bonds. The normalized spacial score (nSPS) is 50.8. The third-order valence-electron chi connectivity index (χ3n) is 16.0. The van der Waals surface area contributed by atoms with E-state index in [1.807, 2.05) is 0 Å². The first-order valence-electron chi connectivity index (χ1n) is 18.8. The van der Waals surface area contributed by atoms with Crippen molar-refractivity contribution in [3.63, 3.8) is 0 Å². The zero-order chi connectivity index (χ0) is 36.2. The van der Waals surface area contributed by atoms with E-state index in [1.54, 1.807) is 17.2 Å². The van der Waals surface area contributed by atoms with Crippen molar-refractivity contribution in [2.24, 2.45) is 56.7 Å². The van der Waals surface area contributed by atoms with Crippen LogP contribution in [0.15, 0.2) is 24.0 Å². The van der Waals surface area contributed by atoms with Crippen LogP contribution in [0.5, 0.6) is 0 Å². The molecular formula is C38H59N3O9. The van der Waals surface area contributed by atoms with Crippen molar-refractivity contribution in [1.29, 1.82) is 0 Å². The van der Waals surface area contributed by atoms with Crippen LogP contribution in [0.25, 0.3) is 0 Å². The number of carboxylic acid groups (broad SMARTS) is 1. The Kier molecular flexibility index (Phi) is 8.97. The van der Waals surface area contributed by atoms with Gasteiger partial charge in [-0.15, -0.1) is 0 Å². The number of hydrogen-bond donors (Lipinski definition) is 5.